The molecule has 1 fully saturated rings. The van der Waals surface area contributed by atoms with Crippen molar-refractivity contribution in [3.63, 3.8) is 0 Å². The van der Waals surface area contributed by atoms with Gasteiger partial charge in [-0.3, -0.25) is 4.79 Å². The van der Waals surface area contributed by atoms with Gasteiger partial charge in [0.15, 0.2) is 5.75 Å². The van der Waals surface area contributed by atoms with Crippen LogP contribution in [0.25, 0.3) is 0 Å². The van der Waals surface area contributed by atoms with E-state index in [0.29, 0.717) is 0 Å². The summed E-state index contributed by atoms with van der Waals surface area (Å²) in [6.45, 7) is 0. The number of benzene rings is 1. The lowest BCUT2D eigenvalue weighted by molar-refractivity contribution is 0.0947. The number of amides is 1. The van der Waals surface area contributed by atoms with Crippen molar-refractivity contribution >= 4 is 37.2 Å². The second-order valence-corrected chi connectivity index (χ2v) is 7.14. The van der Waals surface area contributed by atoms with E-state index in [9.17, 15) is 13.2 Å². The van der Waals surface area contributed by atoms with Crippen LogP contribution in [0.1, 0.15) is 23.2 Å². The molecule has 0 aromatic heterocycles. The van der Waals surface area contributed by atoms with E-state index in [0.717, 1.165) is 18.9 Å². The van der Waals surface area contributed by atoms with Gasteiger partial charge >= 0.3 is 0 Å². The molecule has 1 amide bonds. The van der Waals surface area contributed by atoms with Gasteiger partial charge in [0.25, 0.3) is 15.0 Å². The lowest BCUT2D eigenvalue weighted by Crippen LogP contribution is -2.26. The number of methoxy groups -OCH3 is 1. The highest BCUT2D eigenvalue weighted by Gasteiger charge is 2.28. The van der Waals surface area contributed by atoms with Gasteiger partial charge in [-0.05, 0) is 25.0 Å². The van der Waals surface area contributed by atoms with Gasteiger partial charge in [-0.2, -0.15) is 0 Å². The van der Waals surface area contributed by atoms with E-state index >= 15 is 0 Å². The molecule has 0 spiro atoms. The van der Waals surface area contributed by atoms with Crippen LogP contribution >= 0.6 is 22.3 Å². The van der Waals surface area contributed by atoms with Crippen molar-refractivity contribution in [2.45, 2.75) is 23.8 Å². The molecule has 0 saturated heterocycles. The summed E-state index contributed by atoms with van der Waals surface area (Å²) in [5.74, 6) is -0.527. The normalized spacial score (nSPS) is 15.1. The van der Waals surface area contributed by atoms with Crippen LogP contribution in [0.4, 0.5) is 0 Å². The first kappa shape index (κ1) is 14.4. The van der Waals surface area contributed by atoms with Crippen LogP contribution in [-0.2, 0) is 9.05 Å². The molecule has 1 aromatic carbocycles. The van der Waals surface area contributed by atoms with Crippen LogP contribution in [-0.4, -0.2) is 27.5 Å². The van der Waals surface area contributed by atoms with E-state index in [2.05, 4.69) is 5.32 Å². The Balaban J connectivity index is 2.52. The van der Waals surface area contributed by atoms with Crippen molar-refractivity contribution < 1.29 is 17.9 Å². The van der Waals surface area contributed by atoms with Crippen LogP contribution in [0.3, 0.4) is 0 Å². The fourth-order valence-corrected chi connectivity index (χ4v) is 2.93. The Hall–Kier alpha value is -0.980. The first-order valence-electron chi connectivity index (χ1n) is 5.46. The summed E-state index contributed by atoms with van der Waals surface area (Å²) in [5.41, 5.74) is 0.0566. The van der Waals surface area contributed by atoms with E-state index in [1.54, 1.807) is 0 Å². The third-order valence-corrected chi connectivity index (χ3v) is 4.19. The molecule has 2 rings (SSSR count). The summed E-state index contributed by atoms with van der Waals surface area (Å²) in [7, 11) is 2.52. The fourth-order valence-electron chi connectivity index (χ4n) is 1.62. The van der Waals surface area contributed by atoms with Gasteiger partial charge in [0.2, 0.25) is 0 Å². The summed E-state index contributed by atoms with van der Waals surface area (Å²) in [6, 6.07) is 2.63. The largest absolute Gasteiger partial charge is 0.494 e. The van der Waals surface area contributed by atoms with Crippen LogP contribution in [0, 0.1) is 0 Å². The highest BCUT2D eigenvalue weighted by atomic mass is 35.7. The first-order chi connectivity index (χ1) is 8.82. The van der Waals surface area contributed by atoms with E-state index < -0.39 is 15.0 Å². The molecule has 104 valence electrons. The lowest BCUT2D eigenvalue weighted by atomic mass is 10.2. The van der Waals surface area contributed by atoms with Crippen molar-refractivity contribution in [1.29, 1.82) is 0 Å². The summed E-state index contributed by atoms with van der Waals surface area (Å²) in [5, 5.41) is 2.83. The van der Waals surface area contributed by atoms with Gasteiger partial charge in [-0.1, -0.05) is 11.6 Å². The summed E-state index contributed by atoms with van der Waals surface area (Å²) >= 11 is 5.82. The number of hydrogen-bond donors (Lipinski definition) is 1. The molecule has 0 heterocycles. The van der Waals surface area contributed by atoms with Crippen LogP contribution < -0.4 is 10.1 Å². The molecule has 0 unspecified atom stereocenters. The molecular weight excluding hydrogens is 313 g/mol. The molecule has 0 atom stereocenters. The van der Waals surface area contributed by atoms with Crippen LogP contribution in [0.2, 0.25) is 5.02 Å². The van der Waals surface area contributed by atoms with Crippen molar-refractivity contribution in [2.75, 3.05) is 7.11 Å². The van der Waals surface area contributed by atoms with Gasteiger partial charge in [0, 0.05) is 21.7 Å². The molecule has 1 N–H and O–H groups in total. The van der Waals surface area contributed by atoms with Gasteiger partial charge in [-0.15, -0.1) is 0 Å². The summed E-state index contributed by atoms with van der Waals surface area (Å²) in [6.07, 6.45) is 1.82. The maximum absolute atomic E-state index is 12.0. The number of ether oxygens (including phenoxy) is 1. The Morgan fingerprint density at radius 1 is 1.42 bits per heavy atom. The number of halogens is 2. The summed E-state index contributed by atoms with van der Waals surface area (Å²) in [4.78, 5) is 11.7. The van der Waals surface area contributed by atoms with Crippen LogP contribution in [0.5, 0.6) is 5.75 Å². The highest BCUT2D eigenvalue weighted by Crippen LogP contribution is 2.34. The summed E-state index contributed by atoms with van der Waals surface area (Å²) < 4.78 is 27.9. The monoisotopic (exact) mass is 323 g/mol. The topological polar surface area (TPSA) is 72.5 Å². The van der Waals surface area contributed by atoms with Crippen molar-refractivity contribution in [3.05, 3.63) is 22.7 Å². The minimum Gasteiger partial charge on any atom is -0.494 e. The van der Waals surface area contributed by atoms with Crippen molar-refractivity contribution in [3.8, 4) is 5.75 Å². The lowest BCUT2D eigenvalue weighted by Gasteiger charge is -2.12. The van der Waals surface area contributed by atoms with Gasteiger partial charge in [0.05, 0.1) is 12.7 Å². The number of carbonyl (C=O) groups is 1. The molecule has 1 aromatic rings. The SMILES string of the molecule is COc1c(C(=O)NC2CC2)cc(Cl)cc1S(=O)(=O)Cl. The maximum atomic E-state index is 12.0. The van der Waals surface area contributed by atoms with Crippen LogP contribution in [0.15, 0.2) is 17.0 Å². The van der Waals surface area contributed by atoms with E-state index in [-0.39, 0.29) is 27.3 Å². The molecule has 19 heavy (non-hydrogen) atoms. The zero-order valence-electron chi connectivity index (χ0n) is 9.94. The van der Waals surface area contributed by atoms with E-state index in [4.69, 9.17) is 27.0 Å². The second kappa shape index (κ2) is 5.19. The average molecular weight is 324 g/mol. The Morgan fingerprint density at radius 2 is 2.05 bits per heavy atom. The molecular formula is C11H11Cl2NO4S. The smallest absolute Gasteiger partial charge is 0.265 e. The Bertz CT molecular complexity index is 626. The minimum absolute atomic E-state index is 0.0566. The van der Waals surface area contributed by atoms with Gasteiger partial charge in [-0.25, -0.2) is 8.42 Å². The molecule has 0 radical (unpaired) electrons. The van der Waals surface area contributed by atoms with Gasteiger partial charge in [0.1, 0.15) is 4.90 Å². The standard InChI is InChI=1S/C11H11Cl2NO4S/c1-18-10-8(11(15)14-7-2-3-7)4-6(12)5-9(10)19(13,16)17/h4-5,7H,2-3H2,1H3,(H,14,15). The van der Waals surface area contributed by atoms with E-state index in [1.807, 2.05) is 0 Å². The minimum atomic E-state index is -4.05. The molecule has 8 heteroatoms. The zero-order chi connectivity index (χ0) is 14.2. The Labute approximate surface area is 120 Å². The predicted octanol–water partition coefficient (Wildman–Crippen LogP) is 2.17. The third kappa shape index (κ3) is 3.32. The average Bonchev–Trinajstić information content (AvgIpc) is 3.10. The Morgan fingerprint density at radius 3 is 2.53 bits per heavy atom. The molecule has 1 aliphatic carbocycles. The van der Waals surface area contributed by atoms with Gasteiger partial charge < -0.3 is 10.1 Å². The molecule has 0 bridgehead atoms. The highest BCUT2D eigenvalue weighted by molar-refractivity contribution is 8.13. The number of carbonyl (C=O) groups excluding carboxylic acids is 1. The number of hydrogen-bond acceptors (Lipinski definition) is 4. The maximum Gasteiger partial charge on any atom is 0.265 e. The van der Waals surface area contributed by atoms with E-state index in [1.165, 1.54) is 13.2 Å². The first-order valence-corrected chi connectivity index (χ1v) is 8.14. The molecule has 0 aliphatic heterocycles. The third-order valence-electron chi connectivity index (χ3n) is 2.64. The Kier molecular flexibility index (Phi) is 3.94. The molecule has 1 aliphatic rings. The zero-order valence-corrected chi connectivity index (χ0v) is 12.3. The number of rotatable bonds is 4. The number of nitrogens with one attached hydrogen (secondary N) is 1. The van der Waals surface area contributed by atoms with Crippen molar-refractivity contribution in [1.82, 2.24) is 5.32 Å². The predicted molar refractivity (Wildman–Crippen MR) is 71.5 cm³/mol. The molecule has 5 nitrogen and oxygen atoms in total. The second-order valence-electron chi connectivity index (χ2n) is 4.17. The molecule has 1 saturated carbocycles. The quantitative estimate of drug-likeness (QED) is 0.862. The fraction of sp³-hybridized carbons (Fsp3) is 0.364. The van der Waals surface area contributed by atoms with Crippen molar-refractivity contribution in [2.24, 2.45) is 0 Å².